The predicted molar refractivity (Wildman–Crippen MR) is 89.8 cm³/mol. The van der Waals surface area contributed by atoms with Crippen LogP contribution in [0.4, 0.5) is 5.69 Å². The lowest BCUT2D eigenvalue weighted by Gasteiger charge is -2.25. The molecule has 0 aliphatic carbocycles. The van der Waals surface area contributed by atoms with Crippen LogP contribution in [-0.2, 0) is 9.53 Å². The van der Waals surface area contributed by atoms with Gasteiger partial charge in [0.05, 0.1) is 12.6 Å². The molecule has 3 rings (SSSR count). The second kappa shape index (κ2) is 8.31. The third kappa shape index (κ3) is 5.22. The van der Waals surface area contributed by atoms with E-state index >= 15 is 0 Å². The van der Waals surface area contributed by atoms with E-state index in [2.05, 4.69) is 10.2 Å². The number of rotatable bonds is 6. The zero-order valence-corrected chi connectivity index (χ0v) is 13.6. The number of piperidine rings is 1. The zero-order chi connectivity index (χ0) is 15.9. The summed E-state index contributed by atoms with van der Waals surface area (Å²) in [6.07, 6.45) is 6.04. The van der Waals surface area contributed by atoms with Gasteiger partial charge in [-0.2, -0.15) is 0 Å². The van der Waals surface area contributed by atoms with Crippen LogP contribution >= 0.6 is 0 Å². The molecule has 2 fully saturated rings. The van der Waals surface area contributed by atoms with E-state index in [4.69, 9.17) is 9.47 Å². The molecule has 1 amide bonds. The van der Waals surface area contributed by atoms with Gasteiger partial charge < -0.3 is 14.8 Å². The largest absolute Gasteiger partial charge is 0.491 e. The molecule has 2 heterocycles. The van der Waals surface area contributed by atoms with Crippen molar-refractivity contribution in [3.63, 3.8) is 0 Å². The highest BCUT2D eigenvalue weighted by Gasteiger charge is 2.16. The van der Waals surface area contributed by atoms with Gasteiger partial charge in [-0.05, 0) is 50.9 Å². The van der Waals surface area contributed by atoms with E-state index in [0.717, 1.165) is 44.0 Å². The Hall–Kier alpha value is -1.59. The van der Waals surface area contributed by atoms with Crippen molar-refractivity contribution >= 4 is 11.6 Å². The predicted octanol–water partition coefficient (Wildman–Crippen LogP) is 2.67. The fraction of sp³-hybridized carbons (Fsp3) is 0.611. The van der Waals surface area contributed by atoms with E-state index in [-0.39, 0.29) is 12.0 Å². The second-order valence-corrected chi connectivity index (χ2v) is 6.36. The fourth-order valence-electron chi connectivity index (χ4n) is 3.15. The van der Waals surface area contributed by atoms with Crippen LogP contribution in [0.25, 0.3) is 0 Å². The topological polar surface area (TPSA) is 50.8 Å². The van der Waals surface area contributed by atoms with Gasteiger partial charge >= 0.3 is 0 Å². The van der Waals surface area contributed by atoms with Gasteiger partial charge in [-0.25, -0.2) is 0 Å². The average Bonchev–Trinajstić information content (AvgIpc) is 3.07. The van der Waals surface area contributed by atoms with Crippen LogP contribution in [0.2, 0.25) is 0 Å². The number of carbonyl (C=O) groups is 1. The minimum Gasteiger partial charge on any atom is -0.491 e. The Balaban J connectivity index is 1.47. The van der Waals surface area contributed by atoms with E-state index in [1.807, 2.05) is 24.3 Å². The molecule has 0 spiro atoms. The molecule has 0 aromatic heterocycles. The number of benzene rings is 1. The van der Waals surface area contributed by atoms with Crippen molar-refractivity contribution in [2.24, 2.45) is 0 Å². The van der Waals surface area contributed by atoms with Crippen LogP contribution in [0.5, 0.6) is 5.75 Å². The van der Waals surface area contributed by atoms with E-state index in [1.54, 1.807) is 0 Å². The number of hydrogen-bond donors (Lipinski definition) is 1. The van der Waals surface area contributed by atoms with Crippen LogP contribution in [-0.4, -0.2) is 49.8 Å². The number of likely N-dealkylation sites (tertiary alicyclic amines) is 1. The highest BCUT2D eigenvalue weighted by Crippen LogP contribution is 2.20. The molecule has 5 nitrogen and oxygen atoms in total. The fourth-order valence-corrected chi connectivity index (χ4v) is 3.15. The Bertz CT molecular complexity index is 509. The molecule has 2 saturated heterocycles. The monoisotopic (exact) mass is 318 g/mol. The summed E-state index contributed by atoms with van der Waals surface area (Å²) in [5.74, 6) is 0.819. The second-order valence-electron chi connectivity index (χ2n) is 6.36. The molecule has 1 N–H and O–H groups in total. The molecule has 2 aliphatic rings. The standard InChI is InChI=1S/C18H26N2O3/c21-18(13-20-9-2-1-3-10-20)19-15-6-4-7-16(12-15)23-14-17-8-5-11-22-17/h4,6-7,12,17H,1-3,5,8-11,13-14H2,(H,19,21). The van der Waals surface area contributed by atoms with Crippen molar-refractivity contribution in [3.8, 4) is 5.75 Å². The van der Waals surface area contributed by atoms with Crippen LogP contribution in [0.15, 0.2) is 24.3 Å². The molecule has 5 heteroatoms. The first-order valence-corrected chi connectivity index (χ1v) is 8.66. The Kier molecular flexibility index (Phi) is 5.88. The van der Waals surface area contributed by atoms with Gasteiger partial charge in [-0.3, -0.25) is 9.69 Å². The Morgan fingerprint density at radius 3 is 2.91 bits per heavy atom. The van der Waals surface area contributed by atoms with Crippen LogP contribution < -0.4 is 10.1 Å². The molecule has 1 aromatic rings. The van der Waals surface area contributed by atoms with Crippen LogP contribution in [0.3, 0.4) is 0 Å². The Labute approximate surface area is 137 Å². The van der Waals surface area contributed by atoms with Gasteiger partial charge in [-0.1, -0.05) is 12.5 Å². The van der Waals surface area contributed by atoms with Crippen molar-refractivity contribution in [2.45, 2.75) is 38.2 Å². The number of carbonyl (C=O) groups excluding carboxylic acids is 1. The lowest BCUT2D eigenvalue weighted by Crippen LogP contribution is -2.36. The van der Waals surface area contributed by atoms with E-state index in [1.165, 1.54) is 19.3 Å². The zero-order valence-electron chi connectivity index (χ0n) is 13.6. The maximum absolute atomic E-state index is 12.1. The van der Waals surface area contributed by atoms with Crippen LogP contribution in [0, 0.1) is 0 Å². The summed E-state index contributed by atoms with van der Waals surface area (Å²) in [4.78, 5) is 14.4. The van der Waals surface area contributed by atoms with Gasteiger partial charge in [0.2, 0.25) is 5.91 Å². The van der Waals surface area contributed by atoms with E-state index in [0.29, 0.717) is 13.2 Å². The van der Waals surface area contributed by atoms with Crippen molar-refractivity contribution in [1.29, 1.82) is 0 Å². The Morgan fingerprint density at radius 1 is 1.26 bits per heavy atom. The minimum absolute atomic E-state index is 0.0446. The van der Waals surface area contributed by atoms with Crippen molar-refractivity contribution in [2.75, 3.05) is 38.2 Å². The quantitative estimate of drug-likeness (QED) is 0.876. The first-order chi connectivity index (χ1) is 11.3. The smallest absolute Gasteiger partial charge is 0.238 e. The SMILES string of the molecule is O=C(CN1CCCCC1)Nc1cccc(OCC2CCCO2)c1. The summed E-state index contributed by atoms with van der Waals surface area (Å²) >= 11 is 0. The molecule has 2 aliphatic heterocycles. The summed E-state index contributed by atoms with van der Waals surface area (Å²) in [6.45, 7) is 3.93. The first kappa shape index (κ1) is 16.3. The molecule has 0 bridgehead atoms. The average molecular weight is 318 g/mol. The number of nitrogens with zero attached hydrogens (tertiary/aromatic N) is 1. The molecular weight excluding hydrogens is 292 g/mol. The lowest BCUT2D eigenvalue weighted by molar-refractivity contribution is -0.117. The molecule has 23 heavy (non-hydrogen) atoms. The van der Waals surface area contributed by atoms with Gasteiger partial charge in [0.15, 0.2) is 0 Å². The van der Waals surface area contributed by atoms with Gasteiger partial charge in [0.25, 0.3) is 0 Å². The number of anilines is 1. The molecular formula is C18H26N2O3. The highest BCUT2D eigenvalue weighted by molar-refractivity contribution is 5.92. The molecule has 0 radical (unpaired) electrons. The molecule has 126 valence electrons. The van der Waals surface area contributed by atoms with E-state index in [9.17, 15) is 4.79 Å². The molecule has 0 saturated carbocycles. The van der Waals surface area contributed by atoms with Crippen molar-refractivity contribution in [3.05, 3.63) is 24.3 Å². The summed E-state index contributed by atoms with van der Waals surface area (Å²) in [5.41, 5.74) is 0.789. The molecule has 1 aromatic carbocycles. The summed E-state index contributed by atoms with van der Waals surface area (Å²) < 4.78 is 11.3. The maximum atomic E-state index is 12.1. The summed E-state index contributed by atoms with van der Waals surface area (Å²) in [5, 5.41) is 2.97. The number of hydrogen-bond acceptors (Lipinski definition) is 4. The van der Waals surface area contributed by atoms with Gasteiger partial charge in [-0.15, -0.1) is 0 Å². The molecule has 1 unspecified atom stereocenters. The van der Waals surface area contributed by atoms with Gasteiger partial charge in [0, 0.05) is 18.4 Å². The lowest BCUT2D eigenvalue weighted by atomic mass is 10.1. The summed E-state index contributed by atoms with van der Waals surface area (Å²) in [6, 6.07) is 7.59. The van der Waals surface area contributed by atoms with Crippen molar-refractivity contribution in [1.82, 2.24) is 4.90 Å². The van der Waals surface area contributed by atoms with Crippen molar-refractivity contribution < 1.29 is 14.3 Å². The Morgan fingerprint density at radius 2 is 2.13 bits per heavy atom. The normalized spacial score (nSPS) is 22.0. The van der Waals surface area contributed by atoms with E-state index < -0.39 is 0 Å². The maximum Gasteiger partial charge on any atom is 0.238 e. The minimum atomic E-state index is 0.0446. The number of nitrogens with one attached hydrogen (secondary N) is 1. The molecule has 1 atom stereocenters. The third-order valence-electron chi connectivity index (χ3n) is 4.39. The summed E-state index contributed by atoms with van der Waals surface area (Å²) in [7, 11) is 0. The van der Waals surface area contributed by atoms with Crippen LogP contribution in [0.1, 0.15) is 32.1 Å². The third-order valence-corrected chi connectivity index (χ3v) is 4.39. The van der Waals surface area contributed by atoms with Gasteiger partial charge in [0.1, 0.15) is 12.4 Å². The highest BCUT2D eigenvalue weighted by atomic mass is 16.5. The first-order valence-electron chi connectivity index (χ1n) is 8.66. The number of ether oxygens (including phenoxy) is 2. The number of amides is 1.